The fourth-order valence-corrected chi connectivity index (χ4v) is 1.89. The number of hydrogen-bond acceptors (Lipinski definition) is 5. The molecule has 0 aliphatic heterocycles. The molecule has 0 aromatic carbocycles. The first kappa shape index (κ1) is 16.3. The van der Waals surface area contributed by atoms with Crippen molar-refractivity contribution in [1.29, 1.82) is 0 Å². The standard InChI is InChI=1S/C13H24N4O3/c1-5-20-9(4)6-15-10-11(14)17(7-8(2)3)13(19)16-12(10)18/h8-9,15H,5-7,14H2,1-4H3,(H,16,18,19). The average Bonchev–Trinajstić information content (AvgIpc) is 2.34. The molecule has 1 unspecified atom stereocenters. The molecule has 0 fully saturated rings. The molecule has 0 aliphatic rings. The van der Waals surface area contributed by atoms with Crippen LogP contribution < -0.4 is 22.3 Å². The number of H-pyrrole nitrogens is 1. The van der Waals surface area contributed by atoms with E-state index in [2.05, 4.69) is 10.3 Å². The molecule has 1 aromatic rings. The summed E-state index contributed by atoms with van der Waals surface area (Å²) in [4.78, 5) is 25.9. The highest BCUT2D eigenvalue weighted by molar-refractivity contribution is 5.60. The molecular formula is C13H24N4O3. The number of nitrogens with one attached hydrogen (secondary N) is 2. The Morgan fingerprint density at radius 1 is 1.35 bits per heavy atom. The molecule has 0 bridgehead atoms. The van der Waals surface area contributed by atoms with Crippen molar-refractivity contribution in [2.24, 2.45) is 5.92 Å². The lowest BCUT2D eigenvalue weighted by Crippen LogP contribution is -2.36. The summed E-state index contributed by atoms with van der Waals surface area (Å²) in [6.07, 6.45) is -0.0516. The molecule has 20 heavy (non-hydrogen) atoms. The second kappa shape index (κ2) is 7.14. The van der Waals surface area contributed by atoms with Crippen molar-refractivity contribution in [3.63, 3.8) is 0 Å². The number of hydrogen-bond donors (Lipinski definition) is 3. The van der Waals surface area contributed by atoms with Crippen LogP contribution in [0.3, 0.4) is 0 Å². The third-order valence-corrected chi connectivity index (χ3v) is 2.80. The Morgan fingerprint density at radius 3 is 2.55 bits per heavy atom. The van der Waals surface area contributed by atoms with E-state index in [1.54, 1.807) is 0 Å². The van der Waals surface area contributed by atoms with E-state index in [1.807, 2.05) is 27.7 Å². The second-order valence-corrected chi connectivity index (χ2v) is 5.17. The first-order valence-electron chi connectivity index (χ1n) is 6.84. The predicted octanol–water partition coefficient (Wildman–Crippen LogP) is 0.612. The minimum Gasteiger partial charge on any atom is -0.383 e. The van der Waals surface area contributed by atoms with Crippen molar-refractivity contribution >= 4 is 11.5 Å². The van der Waals surface area contributed by atoms with Gasteiger partial charge in [0, 0.05) is 19.7 Å². The average molecular weight is 284 g/mol. The minimum atomic E-state index is -0.504. The van der Waals surface area contributed by atoms with E-state index in [0.717, 1.165) is 0 Å². The summed E-state index contributed by atoms with van der Waals surface area (Å²) in [6.45, 7) is 9.24. The first-order valence-corrected chi connectivity index (χ1v) is 6.84. The molecular weight excluding hydrogens is 260 g/mol. The maximum Gasteiger partial charge on any atom is 0.330 e. The van der Waals surface area contributed by atoms with Gasteiger partial charge in [-0.3, -0.25) is 14.3 Å². The maximum atomic E-state index is 11.8. The van der Waals surface area contributed by atoms with Crippen LogP contribution in [0.4, 0.5) is 11.5 Å². The third kappa shape index (κ3) is 4.12. The quantitative estimate of drug-likeness (QED) is 0.681. The van der Waals surface area contributed by atoms with Crippen LogP contribution in [0.1, 0.15) is 27.7 Å². The van der Waals surface area contributed by atoms with Gasteiger partial charge >= 0.3 is 5.69 Å². The van der Waals surface area contributed by atoms with Gasteiger partial charge in [0.15, 0.2) is 0 Å². The zero-order chi connectivity index (χ0) is 15.3. The monoisotopic (exact) mass is 284 g/mol. The molecule has 1 rings (SSSR count). The third-order valence-electron chi connectivity index (χ3n) is 2.80. The molecule has 114 valence electrons. The summed E-state index contributed by atoms with van der Waals surface area (Å²) in [5, 5.41) is 2.95. The molecule has 0 saturated carbocycles. The van der Waals surface area contributed by atoms with Gasteiger partial charge in [-0.1, -0.05) is 13.8 Å². The van der Waals surface area contributed by atoms with Crippen LogP contribution >= 0.6 is 0 Å². The Morgan fingerprint density at radius 2 is 2.00 bits per heavy atom. The molecule has 1 atom stereocenters. The predicted molar refractivity (Wildman–Crippen MR) is 80.2 cm³/mol. The van der Waals surface area contributed by atoms with Crippen molar-refractivity contribution in [2.75, 3.05) is 24.2 Å². The lowest BCUT2D eigenvalue weighted by molar-refractivity contribution is 0.0855. The van der Waals surface area contributed by atoms with Crippen LogP contribution in [-0.2, 0) is 11.3 Å². The van der Waals surface area contributed by atoms with Gasteiger partial charge in [0.1, 0.15) is 11.5 Å². The van der Waals surface area contributed by atoms with E-state index in [9.17, 15) is 9.59 Å². The van der Waals surface area contributed by atoms with Crippen LogP contribution in [0.25, 0.3) is 0 Å². The summed E-state index contributed by atoms with van der Waals surface area (Å²) in [7, 11) is 0. The number of nitrogen functional groups attached to an aromatic ring is 1. The summed E-state index contributed by atoms with van der Waals surface area (Å²) < 4.78 is 6.75. The van der Waals surface area contributed by atoms with Gasteiger partial charge in [-0.15, -0.1) is 0 Å². The van der Waals surface area contributed by atoms with Gasteiger partial charge in [0.25, 0.3) is 5.56 Å². The molecule has 0 amide bonds. The second-order valence-electron chi connectivity index (χ2n) is 5.17. The molecule has 7 nitrogen and oxygen atoms in total. The van der Waals surface area contributed by atoms with Crippen molar-refractivity contribution < 1.29 is 4.74 Å². The number of ether oxygens (including phenoxy) is 1. The maximum absolute atomic E-state index is 11.8. The van der Waals surface area contributed by atoms with Gasteiger partial charge in [-0.25, -0.2) is 4.79 Å². The Hall–Kier alpha value is -1.76. The molecule has 4 N–H and O–H groups in total. The number of anilines is 2. The van der Waals surface area contributed by atoms with Gasteiger partial charge in [-0.05, 0) is 19.8 Å². The van der Waals surface area contributed by atoms with E-state index in [4.69, 9.17) is 10.5 Å². The summed E-state index contributed by atoms with van der Waals surface area (Å²) in [6, 6.07) is 0. The number of rotatable bonds is 7. The zero-order valence-corrected chi connectivity index (χ0v) is 12.5. The Kier molecular flexibility index (Phi) is 5.82. The Balaban J connectivity index is 3.01. The van der Waals surface area contributed by atoms with Crippen LogP contribution in [0.15, 0.2) is 9.59 Å². The first-order chi connectivity index (χ1) is 9.36. The fourth-order valence-electron chi connectivity index (χ4n) is 1.89. The highest BCUT2D eigenvalue weighted by Gasteiger charge is 2.13. The molecule has 1 heterocycles. The molecule has 0 radical (unpaired) electrons. The fraction of sp³-hybridized carbons (Fsp3) is 0.692. The van der Waals surface area contributed by atoms with Crippen LogP contribution in [0.2, 0.25) is 0 Å². The van der Waals surface area contributed by atoms with Crippen molar-refractivity contribution in [2.45, 2.75) is 40.3 Å². The van der Waals surface area contributed by atoms with Crippen LogP contribution in [-0.4, -0.2) is 28.8 Å². The van der Waals surface area contributed by atoms with Crippen LogP contribution in [0, 0.1) is 5.92 Å². The lowest BCUT2D eigenvalue weighted by atomic mass is 10.2. The van der Waals surface area contributed by atoms with E-state index in [-0.39, 0.29) is 23.5 Å². The topological polar surface area (TPSA) is 102 Å². The molecule has 1 aromatic heterocycles. The number of nitrogens with zero attached hydrogens (tertiary/aromatic N) is 1. The Labute approximate surface area is 118 Å². The molecule has 0 spiro atoms. The highest BCUT2D eigenvalue weighted by Crippen LogP contribution is 2.12. The molecule has 0 saturated heterocycles. The van der Waals surface area contributed by atoms with E-state index < -0.39 is 11.2 Å². The summed E-state index contributed by atoms with van der Waals surface area (Å²) in [5.74, 6) is 0.409. The highest BCUT2D eigenvalue weighted by atomic mass is 16.5. The van der Waals surface area contributed by atoms with Crippen molar-refractivity contribution in [3.8, 4) is 0 Å². The van der Waals surface area contributed by atoms with E-state index in [1.165, 1.54) is 4.57 Å². The SMILES string of the molecule is CCOC(C)CNc1c(N)n(CC(C)C)c(=O)[nH]c1=O. The van der Waals surface area contributed by atoms with Gasteiger partial charge < -0.3 is 15.8 Å². The smallest absolute Gasteiger partial charge is 0.330 e. The zero-order valence-electron chi connectivity index (χ0n) is 12.5. The number of aromatic amines is 1. The van der Waals surface area contributed by atoms with E-state index >= 15 is 0 Å². The molecule has 7 heteroatoms. The van der Waals surface area contributed by atoms with Crippen molar-refractivity contribution in [3.05, 3.63) is 20.8 Å². The van der Waals surface area contributed by atoms with Gasteiger partial charge in [0.05, 0.1) is 6.10 Å². The molecule has 0 aliphatic carbocycles. The lowest BCUT2D eigenvalue weighted by Gasteiger charge is -2.17. The Bertz CT molecular complexity index is 548. The number of nitrogens with two attached hydrogens (primary N) is 1. The summed E-state index contributed by atoms with van der Waals surface area (Å²) in [5.41, 5.74) is 5.17. The van der Waals surface area contributed by atoms with Crippen LogP contribution in [0.5, 0.6) is 0 Å². The van der Waals surface area contributed by atoms with Crippen molar-refractivity contribution in [1.82, 2.24) is 9.55 Å². The van der Waals surface area contributed by atoms with E-state index in [0.29, 0.717) is 19.7 Å². The van der Waals surface area contributed by atoms with Gasteiger partial charge in [-0.2, -0.15) is 0 Å². The largest absolute Gasteiger partial charge is 0.383 e. The summed E-state index contributed by atoms with van der Waals surface area (Å²) >= 11 is 0. The van der Waals surface area contributed by atoms with Gasteiger partial charge in [0.2, 0.25) is 0 Å². The minimum absolute atomic E-state index is 0.0516. The number of aromatic nitrogens is 2. The normalized spacial score (nSPS) is 12.7.